The van der Waals surface area contributed by atoms with Crippen molar-refractivity contribution < 1.29 is 4.79 Å². The van der Waals surface area contributed by atoms with E-state index in [2.05, 4.69) is 34.4 Å². The highest BCUT2D eigenvalue weighted by atomic mass is 35.5. The molecule has 0 aliphatic rings. The molecule has 0 saturated heterocycles. The number of carbonyl (C=O) groups is 1. The van der Waals surface area contributed by atoms with Crippen LogP contribution in [0.4, 0.5) is 11.5 Å². The molecule has 1 aromatic heterocycles. The van der Waals surface area contributed by atoms with Crippen molar-refractivity contribution in [1.29, 1.82) is 0 Å². The number of anilines is 2. The average molecular weight is 333 g/mol. The summed E-state index contributed by atoms with van der Waals surface area (Å²) in [6.07, 6.45) is 1.03. The Morgan fingerprint density at radius 2 is 2.00 bits per heavy atom. The van der Waals surface area contributed by atoms with Gasteiger partial charge in [0.1, 0.15) is 17.3 Å². The lowest BCUT2D eigenvalue weighted by Crippen LogP contribution is -2.16. The molecule has 6 heteroatoms. The third-order valence-corrected chi connectivity index (χ3v) is 3.55. The van der Waals surface area contributed by atoms with E-state index in [9.17, 15) is 4.79 Å². The smallest absolute Gasteiger partial charge is 0.274 e. The Morgan fingerprint density at radius 1 is 1.26 bits per heavy atom. The molecule has 0 fully saturated rings. The first-order valence-electron chi connectivity index (χ1n) is 7.61. The maximum atomic E-state index is 12.4. The van der Waals surface area contributed by atoms with Crippen LogP contribution in [0.1, 0.15) is 36.6 Å². The van der Waals surface area contributed by atoms with E-state index in [1.165, 1.54) is 0 Å². The Kier molecular flexibility index (Phi) is 5.93. The molecule has 0 saturated carbocycles. The monoisotopic (exact) mass is 332 g/mol. The standard InChI is InChI=1S/C17H21ClN4O/c1-11(2)8-9-19-16-10-15(20-12(3)21-16)17(23)22-14-7-5-4-6-13(14)18/h4-7,10-11H,8-9H2,1-3H3,(H,22,23)(H,19,20,21). The first-order valence-corrected chi connectivity index (χ1v) is 7.99. The number of nitrogens with one attached hydrogen (secondary N) is 2. The summed E-state index contributed by atoms with van der Waals surface area (Å²) in [6, 6.07) is 8.74. The predicted molar refractivity (Wildman–Crippen MR) is 94.1 cm³/mol. The van der Waals surface area contributed by atoms with Crippen LogP contribution in [0.5, 0.6) is 0 Å². The molecule has 5 nitrogen and oxygen atoms in total. The largest absolute Gasteiger partial charge is 0.370 e. The van der Waals surface area contributed by atoms with Gasteiger partial charge in [-0.15, -0.1) is 0 Å². The van der Waals surface area contributed by atoms with E-state index in [0.717, 1.165) is 13.0 Å². The Labute approximate surface area is 141 Å². The molecular weight excluding hydrogens is 312 g/mol. The molecule has 23 heavy (non-hydrogen) atoms. The van der Waals surface area contributed by atoms with Crippen LogP contribution in [0.2, 0.25) is 5.02 Å². The molecule has 2 rings (SSSR count). The molecule has 122 valence electrons. The Bertz CT molecular complexity index is 688. The summed E-state index contributed by atoms with van der Waals surface area (Å²) in [7, 11) is 0. The molecule has 0 aliphatic carbocycles. The van der Waals surface area contributed by atoms with Gasteiger partial charge in [-0.25, -0.2) is 9.97 Å². The third kappa shape index (κ3) is 5.21. The Hall–Kier alpha value is -2.14. The van der Waals surface area contributed by atoms with Crippen molar-refractivity contribution in [2.75, 3.05) is 17.2 Å². The van der Waals surface area contributed by atoms with Gasteiger partial charge in [-0.3, -0.25) is 4.79 Å². The van der Waals surface area contributed by atoms with Crippen LogP contribution < -0.4 is 10.6 Å². The highest BCUT2D eigenvalue weighted by molar-refractivity contribution is 6.33. The van der Waals surface area contributed by atoms with Gasteiger partial charge < -0.3 is 10.6 Å². The van der Waals surface area contributed by atoms with E-state index in [1.807, 2.05) is 12.1 Å². The van der Waals surface area contributed by atoms with E-state index >= 15 is 0 Å². The molecule has 1 amide bonds. The Morgan fingerprint density at radius 3 is 2.70 bits per heavy atom. The van der Waals surface area contributed by atoms with Crippen LogP contribution in [0, 0.1) is 12.8 Å². The zero-order valence-corrected chi connectivity index (χ0v) is 14.3. The second kappa shape index (κ2) is 7.92. The number of aryl methyl sites for hydroxylation is 1. The van der Waals surface area contributed by atoms with Crippen LogP contribution >= 0.6 is 11.6 Å². The van der Waals surface area contributed by atoms with Gasteiger partial charge in [-0.1, -0.05) is 37.6 Å². The second-order valence-electron chi connectivity index (χ2n) is 5.73. The molecule has 1 aromatic carbocycles. The van der Waals surface area contributed by atoms with Gasteiger partial charge >= 0.3 is 0 Å². The lowest BCUT2D eigenvalue weighted by atomic mass is 10.1. The van der Waals surface area contributed by atoms with Crippen molar-refractivity contribution in [3.63, 3.8) is 0 Å². The molecule has 0 bridgehead atoms. The quantitative estimate of drug-likeness (QED) is 0.834. The zero-order valence-electron chi connectivity index (χ0n) is 13.6. The zero-order chi connectivity index (χ0) is 16.8. The summed E-state index contributed by atoms with van der Waals surface area (Å²) in [5, 5.41) is 6.48. The molecule has 0 aliphatic heterocycles. The number of para-hydroxylation sites is 1. The van der Waals surface area contributed by atoms with Gasteiger partial charge in [-0.05, 0) is 31.4 Å². The highest BCUT2D eigenvalue weighted by Crippen LogP contribution is 2.21. The van der Waals surface area contributed by atoms with Gasteiger partial charge in [-0.2, -0.15) is 0 Å². The average Bonchev–Trinajstić information content (AvgIpc) is 2.48. The van der Waals surface area contributed by atoms with E-state index in [1.54, 1.807) is 25.1 Å². The highest BCUT2D eigenvalue weighted by Gasteiger charge is 2.12. The van der Waals surface area contributed by atoms with Crippen molar-refractivity contribution >= 4 is 29.0 Å². The number of carbonyl (C=O) groups excluding carboxylic acids is 1. The number of halogens is 1. The van der Waals surface area contributed by atoms with Gasteiger partial charge in [0.15, 0.2) is 0 Å². The fourth-order valence-corrected chi connectivity index (χ4v) is 2.20. The van der Waals surface area contributed by atoms with Crippen molar-refractivity contribution in [1.82, 2.24) is 9.97 Å². The molecule has 0 radical (unpaired) electrons. The van der Waals surface area contributed by atoms with Crippen molar-refractivity contribution in [3.05, 3.63) is 46.9 Å². The number of hydrogen-bond donors (Lipinski definition) is 2. The summed E-state index contributed by atoms with van der Waals surface area (Å²) in [4.78, 5) is 20.9. The molecular formula is C17H21ClN4O. The third-order valence-electron chi connectivity index (χ3n) is 3.22. The first kappa shape index (κ1) is 17.2. The van der Waals surface area contributed by atoms with Crippen LogP contribution in [0.3, 0.4) is 0 Å². The summed E-state index contributed by atoms with van der Waals surface area (Å²) in [5.41, 5.74) is 0.870. The molecule has 1 heterocycles. The van der Waals surface area contributed by atoms with E-state index in [4.69, 9.17) is 11.6 Å². The lowest BCUT2D eigenvalue weighted by Gasteiger charge is -2.10. The van der Waals surface area contributed by atoms with Gasteiger partial charge in [0, 0.05) is 12.6 Å². The number of aromatic nitrogens is 2. The normalized spacial score (nSPS) is 10.7. The Balaban J connectivity index is 2.11. The number of amides is 1. The van der Waals surface area contributed by atoms with Gasteiger partial charge in [0.25, 0.3) is 5.91 Å². The summed E-state index contributed by atoms with van der Waals surface area (Å²) in [6.45, 7) is 6.89. The van der Waals surface area contributed by atoms with E-state index in [-0.39, 0.29) is 5.91 Å². The minimum atomic E-state index is -0.310. The molecule has 0 unspecified atom stereocenters. The number of hydrogen-bond acceptors (Lipinski definition) is 4. The van der Waals surface area contributed by atoms with Crippen LogP contribution in [0.25, 0.3) is 0 Å². The number of nitrogens with zero attached hydrogens (tertiary/aromatic N) is 2. The molecule has 2 N–H and O–H groups in total. The number of benzene rings is 1. The minimum absolute atomic E-state index is 0.310. The van der Waals surface area contributed by atoms with E-state index < -0.39 is 0 Å². The van der Waals surface area contributed by atoms with Crippen LogP contribution in [-0.4, -0.2) is 22.4 Å². The lowest BCUT2D eigenvalue weighted by molar-refractivity contribution is 0.102. The van der Waals surface area contributed by atoms with Gasteiger partial charge in [0.05, 0.1) is 10.7 Å². The summed E-state index contributed by atoms with van der Waals surface area (Å²) < 4.78 is 0. The van der Waals surface area contributed by atoms with Gasteiger partial charge in [0.2, 0.25) is 0 Å². The summed E-state index contributed by atoms with van der Waals surface area (Å²) >= 11 is 6.06. The maximum Gasteiger partial charge on any atom is 0.274 e. The van der Waals surface area contributed by atoms with Crippen LogP contribution in [-0.2, 0) is 0 Å². The minimum Gasteiger partial charge on any atom is -0.370 e. The second-order valence-corrected chi connectivity index (χ2v) is 6.14. The van der Waals surface area contributed by atoms with Crippen molar-refractivity contribution in [3.8, 4) is 0 Å². The summed E-state index contributed by atoms with van der Waals surface area (Å²) in [5.74, 6) is 1.50. The fourth-order valence-electron chi connectivity index (χ4n) is 2.01. The SMILES string of the molecule is Cc1nc(NCCC(C)C)cc(C(=O)Nc2ccccc2Cl)n1. The maximum absolute atomic E-state index is 12.4. The molecule has 0 atom stereocenters. The molecule has 0 spiro atoms. The van der Waals surface area contributed by atoms with Crippen LogP contribution in [0.15, 0.2) is 30.3 Å². The fraction of sp³-hybridized carbons (Fsp3) is 0.353. The van der Waals surface area contributed by atoms with Crippen molar-refractivity contribution in [2.45, 2.75) is 27.2 Å². The molecule has 2 aromatic rings. The van der Waals surface area contributed by atoms with Crippen molar-refractivity contribution in [2.24, 2.45) is 5.92 Å². The predicted octanol–water partition coefficient (Wildman–Crippen LogP) is 4.15. The van der Waals surface area contributed by atoms with E-state index in [0.29, 0.717) is 34.0 Å². The number of rotatable bonds is 6. The first-order chi connectivity index (χ1) is 11.0. The topological polar surface area (TPSA) is 66.9 Å².